The van der Waals surface area contributed by atoms with Crippen molar-refractivity contribution in [3.05, 3.63) is 53.7 Å². The number of rotatable bonds is 12. The Labute approximate surface area is 200 Å². The van der Waals surface area contributed by atoms with Gasteiger partial charge in [0.15, 0.2) is 0 Å². The molecule has 0 bridgehead atoms. The number of anilines is 1. The second-order valence-corrected chi connectivity index (χ2v) is 7.55. The molecule has 12 heteroatoms. The molecule has 1 atom stereocenters. The third-order valence-corrected chi connectivity index (χ3v) is 4.68. The lowest BCUT2D eigenvalue weighted by Gasteiger charge is -2.19. The molecule has 0 aliphatic heterocycles. The average molecular weight is 496 g/mol. The van der Waals surface area contributed by atoms with E-state index in [4.69, 9.17) is 0 Å². The van der Waals surface area contributed by atoms with E-state index in [0.29, 0.717) is 18.8 Å². The van der Waals surface area contributed by atoms with E-state index in [0.717, 1.165) is 24.8 Å². The number of benzene rings is 1. The largest absolute Gasteiger partial charge is 0.573 e. The molecule has 0 fully saturated rings. The van der Waals surface area contributed by atoms with Crippen molar-refractivity contribution in [3.8, 4) is 5.75 Å². The van der Waals surface area contributed by atoms with E-state index in [2.05, 4.69) is 30.4 Å². The number of carbonyl (C=O) groups is 3. The fourth-order valence-electron chi connectivity index (χ4n) is 3.04. The molecule has 9 nitrogen and oxygen atoms in total. The van der Waals surface area contributed by atoms with Gasteiger partial charge in [-0.25, -0.2) is 4.98 Å². The van der Waals surface area contributed by atoms with Crippen LogP contribution in [0.4, 0.5) is 19.0 Å². The molecule has 0 aliphatic carbocycles. The minimum Gasteiger partial charge on any atom is -0.469 e. The lowest BCUT2D eigenvalue weighted by Crippen LogP contribution is -2.39. The first-order valence-electron chi connectivity index (χ1n) is 10.7. The number of pyridine rings is 1. The van der Waals surface area contributed by atoms with Gasteiger partial charge in [-0.15, -0.1) is 13.2 Å². The zero-order chi connectivity index (χ0) is 25.8. The van der Waals surface area contributed by atoms with Gasteiger partial charge < -0.3 is 25.4 Å². The van der Waals surface area contributed by atoms with E-state index in [-0.39, 0.29) is 30.9 Å². The van der Waals surface area contributed by atoms with Crippen LogP contribution in [0.25, 0.3) is 0 Å². The van der Waals surface area contributed by atoms with E-state index < -0.39 is 30.0 Å². The van der Waals surface area contributed by atoms with Gasteiger partial charge in [0.25, 0.3) is 0 Å². The lowest BCUT2D eigenvalue weighted by molar-refractivity contribution is -0.274. The summed E-state index contributed by atoms with van der Waals surface area (Å²) in [7, 11) is 1.15. The molecule has 0 spiro atoms. The highest BCUT2D eigenvalue weighted by Gasteiger charge is 2.31. The zero-order valence-electron chi connectivity index (χ0n) is 19.3. The molecule has 0 saturated heterocycles. The minimum atomic E-state index is -4.89. The summed E-state index contributed by atoms with van der Waals surface area (Å²) in [5, 5.41) is 8.10. The van der Waals surface area contributed by atoms with Crippen LogP contribution in [0.2, 0.25) is 0 Å². The van der Waals surface area contributed by atoms with E-state index in [9.17, 15) is 27.6 Å². The number of nitrogens with zero attached hydrogens (tertiary/aromatic N) is 1. The monoisotopic (exact) mass is 496 g/mol. The van der Waals surface area contributed by atoms with Crippen LogP contribution in [0, 0.1) is 6.92 Å². The molecule has 0 saturated carbocycles. The van der Waals surface area contributed by atoms with Crippen LogP contribution >= 0.6 is 0 Å². The Morgan fingerprint density at radius 3 is 2.57 bits per heavy atom. The number of amides is 2. The summed E-state index contributed by atoms with van der Waals surface area (Å²) in [5.41, 5.74) is 1.25. The Morgan fingerprint density at radius 1 is 1.11 bits per heavy atom. The van der Waals surface area contributed by atoms with Crippen molar-refractivity contribution in [1.82, 2.24) is 15.6 Å². The first-order chi connectivity index (χ1) is 16.6. The Balaban J connectivity index is 1.85. The van der Waals surface area contributed by atoms with Crippen molar-refractivity contribution in [3.63, 3.8) is 0 Å². The molecule has 2 aromatic rings. The Morgan fingerprint density at radius 2 is 1.89 bits per heavy atom. The SMILES string of the molecule is COC(=O)CC(NC(=O)CNC(=O)CCCNc1cc(C)ccn1)c1cccc(OC(F)(F)F)c1. The fourth-order valence-corrected chi connectivity index (χ4v) is 3.04. The van der Waals surface area contributed by atoms with Gasteiger partial charge in [-0.1, -0.05) is 12.1 Å². The van der Waals surface area contributed by atoms with Crippen molar-refractivity contribution in [2.24, 2.45) is 0 Å². The summed E-state index contributed by atoms with van der Waals surface area (Å²) in [5.74, 6) is -1.47. The summed E-state index contributed by atoms with van der Waals surface area (Å²) < 4.78 is 46.1. The number of alkyl halides is 3. The topological polar surface area (TPSA) is 119 Å². The van der Waals surface area contributed by atoms with Crippen LogP contribution in [0.5, 0.6) is 5.75 Å². The van der Waals surface area contributed by atoms with Crippen LogP contribution in [-0.4, -0.2) is 49.3 Å². The summed E-state index contributed by atoms with van der Waals surface area (Å²) in [6.07, 6.45) is -2.88. The predicted molar refractivity (Wildman–Crippen MR) is 120 cm³/mol. The lowest BCUT2D eigenvalue weighted by atomic mass is 10.0. The van der Waals surface area contributed by atoms with E-state index in [1.807, 2.05) is 19.1 Å². The average Bonchev–Trinajstić information content (AvgIpc) is 2.79. The summed E-state index contributed by atoms with van der Waals surface area (Å²) >= 11 is 0. The number of ether oxygens (including phenoxy) is 2. The van der Waals surface area contributed by atoms with Crippen LogP contribution in [0.15, 0.2) is 42.6 Å². The number of aromatic nitrogens is 1. The smallest absolute Gasteiger partial charge is 0.469 e. The molecule has 1 unspecified atom stereocenters. The van der Waals surface area contributed by atoms with Crippen LogP contribution in [0.1, 0.15) is 36.4 Å². The molecule has 1 aromatic heterocycles. The molecular weight excluding hydrogens is 469 g/mol. The van der Waals surface area contributed by atoms with Crippen molar-refractivity contribution >= 4 is 23.6 Å². The quantitative estimate of drug-likeness (QED) is 0.305. The Kier molecular flexibility index (Phi) is 10.3. The second kappa shape index (κ2) is 13.2. The maximum Gasteiger partial charge on any atom is 0.573 e. The van der Waals surface area contributed by atoms with Crippen molar-refractivity contribution in [2.45, 2.75) is 38.6 Å². The Bertz CT molecular complexity index is 1020. The van der Waals surface area contributed by atoms with E-state index >= 15 is 0 Å². The van der Waals surface area contributed by atoms with Crippen LogP contribution < -0.4 is 20.7 Å². The zero-order valence-corrected chi connectivity index (χ0v) is 19.3. The summed E-state index contributed by atoms with van der Waals surface area (Å²) in [4.78, 5) is 40.3. The first kappa shape index (κ1) is 27.4. The third-order valence-electron chi connectivity index (χ3n) is 4.68. The van der Waals surface area contributed by atoms with Gasteiger partial charge in [-0.05, 0) is 48.7 Å². The molecule has 35 heavy (non-hydrogen) atoms. The maximum atomic E-state index is 12.5. The second-order valence-electron chi connectivity index (χ2n) is 7.55. The molecule has 1 heterocycles. The molecule has 190 valence electrons. The standard InChI is InChI=1S/C23H27F3N4O5/c1-15-8-10-28-19(11-15)27-9-4-7-20(31)29-14-21(32)30-18(13-22(33)34-2)16-5-3-6-17(12-16)35-23(24,25)26/h3,5-6,8,10-12,18H,4,7,9,13-14H2,1-2H3,(H,27,28)(H,29,31)(H,30,32). The number of esters is 1. The molecule has 0 aliphatic rings. The Hall–Kier alpha value is -3.83. The molecule has 0 radical (unpaired) electrons. The van der Waals surface area contributed by atoms with E-state index in [1.54, 1.807) is 6.20 Å². The summed E-state index contributed by atoms with van der Waals surface area (Å²) in [6, 6.07) is 7.65. The number of carbonyl (C=O) groups excluding carboxylic acids is 3. The minimum absolute atomic E-state index is 0.161. The number of hydrogen-bond acceptors (Lipinski definition) is 7. The fraction of sp³-hybridized carbons (Fsp3) is 0.391. The molecule has 2 rings (SSSR count). The number of aryl methyl sites for hydroxylation is 1. The van der Waals surface area contributed by atoms with Gasteiger partial charge >= 0.3 is 12.3 Å². The molecule has 3 N–H and O–H groups in total. The molecule has 2 amide bonds. The van der Waals surface area contributed by atoms with E-state index in [1.165, 1.54) is 12.1 Å². The number of hydrogen-bond donors (Lipinski definition) is 3. The summed E-state index contributed by atoms with van der Waals surface area (Å²) in [6.45, 7) is 2.07. The van der Waals surface area contributed by atoms with Crippen LogP contribution in [0.3, 0.4) is 0 Å². The van der Waals surface area contributed by atoms with Crippen molar-refractivity contribution < 1.29 is 37.0 Å². The highest BCUT2D eigenvalue weighted by atomic mass is 19.4. The first-order valence-corrected chi connectivity index (χ1v) is 10.7. The number of halogens is 3. The van der Waals surface area contributed by atoms with Gasteiger partial charge in [0.05, 0.1) is 26.1 Å². The molecular formula is C23H27F3N4O5. The van der Waals surface area contributed by atoms with Gasteiger partial charge in [0.2, 0.25) is 11.8 Å². The highest BCUT2D eigenvalue weighted by Crippen LogP contribution is 2.27. The maximum absolute atomic E-state index is 12.5. The third kappa shape index (κ3) is 10.8. The predicted octanol–water partition coefficient (Wildman–Crippen LogP) is 3.02. The number of methoxy groups -OCH3 is 1. The van der Waals surface area contributed by atoms with Crippen molar-refractivity contribution in [1.29, 1.82) is 0 Å². The normalized spacial score (nSPS) is 11.8. The molecule has 1 aromatic carbocycles. The van der Waals surface area contributed by atoms with Gasteiger partial charge in [0.1, 0.15) is 11.6 Å². The van der Waals surface area contributed by atoms with Gasteiger partial charge in [-0.3, -0.25) is 14.4 Å². The van der Waals surface area contributed by atoms with Crippen LogP contribution in [-0.2, 0) is 19.1 Å². The highest BCUT2D eigenvalue weighted by molar-refractivity contribution is 5.85. The van der Waals surface area contributed by atoms with Gasteiger partial charge in [-0.2, -0.15) is 0 Å². The number of nitrogens with one attached hydrogen (secondary N) is 3. The van der Waals surface area contributed by atoms with Crippen molar-refractivity contribution in [2.75, 3.05) is 25.5 Å². The van der Waals surface area contributed by atoms with Gasteiger partial charge in [0, 0.05) is 19.2 Å².